The van der Waals surface area contributed by atoms with Crippen LogP contribution in [-0.2, 0) is 4.79 Å². The number of rotatable bonds is 5. The Bertz CT molecular complexity index is 602. The van der Waals surface area contributed by atoms with Gasteiger partial charge in [0.05, 0.1) is 18.7 Å². The number of nitrogens with one attached hydrogen (secondary N) is 1. The third kappa shape index (κ3) is 3.55. The number of hydrogen-bond donors (Lipinski definition) is 1. The molecule has 5 nitrogen and oxygen atoms in total. The predicted molar refractivity (Wildman–Crippen MR) is 92.0 cm³/mol. The Morgan fingerprint density at radius 2 is 2.00 bits per heavy atom. The van der Waals surface area contributed by atoms with Crippen LogP contribution in [0.3, 0.4) is 0 Å². The van der Waals surface area contributed by atoms with Gasteiger partial charge in [-0.05, 0) is 44.2 Å². The van der Waals surface area contributed by atoms with Gasteiger partial charge in [0.2, 0.25) is 5.91 Å². The minimum absolute atomic E-state index is 0.0339. The molecular formula is C19H26N2O3. The fourth-order valence-electron chi connectivity index (χ4n) is 4.00. The average Bonchev–Trinajstić information content (AvgIpc) is 3.04. The maximum Gasteiger partial charge on any atom is 0.255 e. The molecule has 1 aromatic carbocycles. The van der Waals surface area contributed by atoms with Crippen LogP contribution in [0, 0.1) is 5.92 Å². The van der Waals surface area contributed by atoms with E-state index in [9.17, 15) is 9.59 Å². The summed E-state index contributed by atoms with van der Waals surface area (Å²) in [4.78, 5) is 26.9. The van der Waals surface area contributed by atoms with E-state index in [1.807, 2.05) is 17.9 Å². The molecule has 1 saturated carbocycles. The number of likely N-dealkylation sites (tertiary alicyclic amines) is 1. The molecule has 3 rings (SSSR count). The molecule has 0 unspecified atom stereocenters. The lowest BCUT2D eigenvalue weighted by Gasteiger charge is -2.31. The van der Waals surface area contributed by atoms with Gasteiger partial charge in [-0.1, -0.05) is 25.0 Å². The Kier molecular flexibility index (Phi) is 5.38. The summed E-state index contributed by atoms with van der Waals surface area (Å²) in [5, 5.41) is 2.76. The lowest BCUT2D eigenvalue weighted by atomic mass is 9.85. The van der Waals surface area contributed by atoms with Gasteiger partial charge in [-0.2, -0.15) is 0 Å². The van der Waals surface area contributed by atoms with Crippen molar-refractivity contribution in [3.05, 3.63) is 29.8 Å². The lowest BCUT2D eigenvalue weighted by Crippen LogP contribution is -2.44. The Hall–Kier alpha value is -2.04. The summed E-state index contributed by atoms with van der Waals surface area (Å²) >= 11 is 0. The van der Waals surface area contributed by atoms with E-state index in [-0.39, 0.29) is 18.4 Å². The number of fused-ring (bicyclic) bond motifs is 1. The quantitative estimate of drug-likeness (QED) is 0.903. The average molecular weight is 330 g/mol. The summed E-state index contributed by atoms with van der Waals surface area (Å²) in [6.07, 6.45) is 5.95. The molecule has 0 aromatic heterocycles. The summed E-state index contributed by atoms with van der Waals surface area (Å²) in [5.74, 6) is 0.994. The van der Waals surface area contributed by atoms with Crippen LogP contribution in [-0.4, -0.2) is 42.5 Å². The van der Waals surface area contributed by atoms with Crippen LogP contribution >= 0.6 is 0 Å². The van der Waals surface area contributed by atoms with Gasteiger partial charge in [-0.3, -0.25) is 9.59 Å². The molecule has 24 heavy (non-hydrogen) atoms. The predicted octanol–water partition coefficient (Wildman–Crippen LogP) is 2.61. The normalized spacial score (nSPS) is 22.8. The number of carbonyl (C=O) groups is 2. The third-order valence-electron chi connectivity index (χ3n) is 5.16. The van der Waals surface area contributed by atoms with E-state index in [0.717, 1.165) is 19.4 Å². The minimum atomic E-state index is -0.258. The molecule has 0 spiro atoms. The highest BCUT2D eigenvalue weighted by molar-refractivity contribution is 5.98. The van der Waals surface area contributed by atoms with Crippen molar-refractivity contribution < 1.29 is 14.3 Å². The van der Waals surface area contributed by atoms with Crippen LogP contribution in [0.4, 0.5) is 0 Å². The molecule has 1 heterocycles. The smallest absolute Gasteiger partial charge is 0.255 e. The first-order chi connectivity index (χ1) is 11.7. The van der Waals surface area contributed by atoms with Crippen LogP contribution in [0.1, 0.15) is 49.4 Å². The number of nitrogens with zero attached hydrogens (tertiary/aromatic N) is 1. The Labute approximate surface area is 143 Å². The molecule has 130 valence electrons. The monoisotopic (exact) mass is 330 g/mol. The second-order valence-corrected chi connectivity index (χ2v) is 6.60. The molecule has 0 bridgehead atoms. The summed E-state index contributed by atoms with van der Waals surface area (Å²) in [5.41, 5.74) is 0.476. The van der Waals surface area contributed by atoms with Gasteiger partial charge in [-0.15, -0.1) is 0 Å². The van der Waals surface area contributed by atoms with Crippen molar-refractivity contribution in [3.63, 3.8) is 0 Å². The van der Waals surface area contributed by atoms with E-state index in [0.29, 0.717) is 29.9 Å². The lowest BCUT2D eigenvalue weighted by molar-refractivity contribution is -0.131. The summed E-state index contributed by atoms with van der Waals surface area (Å²) in [6.45, 7) is 3.27. The zero-order valence-corrected chi connectivity index (χ0v) is 14.3. The molecule has 0 radical (unpaired) electrons. The van der Waals surface area contributed by atoms with E-state index in [1.54, 1.807) is 18.2 Å². The van der Waals surface area contributed by atoms with Crippen molar-refractivity contribution in [2.75, 3.05) is 19.7 Å². The zero-order chi connectivity index (χ0) is 16.9. The Morgan fingerprint density at radius 1 is 1.21 bits per heavy atom. The standard InChI is InChI=1S/C19H26N2O3/c1-2-24-17-10-6-4-8-15(17)19(23)20-13-18(22)21-12-11-14-7-3-5-9-16(14)21/h4,6,8,10,14,16H,2-3,5,7,9,11-13H2,1H3,(H,20,23)/t14-,16-/m0/s1. The molecule has 2 fully saturated rings. The summed E-state index contributed by atoms with van der Waals surface area (Å²) in [7, 11) is 0. The molecule has 5 heteroatoms. The molecular weight excluding hydrogens is 304 g/mol. The number of para-hydroxylation sites is 1. The first-order valence-electron chi connectivity index (χ1n) is 9.00. The van der Waals surface area contributed by atoms with Gasteiger partial charge in [0.1, 0.15) is 5.75 Å². The number of amides is 2. The molecule has 2 amide bonds. The van der Waals surface area contributed by atoms with E-state index in [4.69, 9.17) is 4.74 Å². The van der Waals surface area contributed by atoms with Gasteiger partial charge in [0.15, 0.2) is 0 Å². The highest BCUT2D eigenvalue weighted by Crippen LogP contribution is 2.36. The molecule has 1 N–H and O–H groups in total. The zero-order valence-electron chi connectivity index (χ0n) is 14.3. The van der Waals surface area contributed by atoms with E-state index in [1.165, 1.54) is 19.3 Å². The van der Waals surface area contributed by atoms with E-state index >= 15 is 0 Å². The van der Waals surface area contributed by atoms with Crippen molar-refractivity contribution >= 4 is 11.8 Å². The largest absolute Gasteiger partial charge is 0.493 e. The molecule has 1 aliphatic carbocycles. The van der Waals surface area contributed by atoms with E-state index < -0.39 is 0 Å². The first kappa shape index (κ1) is 16.8. The summed E-state index contributed by atoms with van der Waals surface area (Å²) < 4.78 is 5.48. The van der Waals surface area contributed by atoms with Crippen LogP contribution in [0.15, 0.2) is 24.3 Å². The van der Waals surface area contributed by atoms with Gasteiger partial charge < -0.3 is 15.0 Å². The maximum absolute atomic E-state index is 12.5. The maximum atomic E-state index is 12.5. The van der Waals surface area contributed by atoms with Gasteiger partial charge >= 0.3 is 0 Å². The molecule has 1 saturated heterocycles. The third-order valence-corrected chi connectivity index (χ3v) is 5.16. The molecule has 1 aliphatic heterocycles. The first-order valence-corrected chi connectivity index (χ1v) is 9.00. The SMILES string of the molecule is CCOc1ccccc1C(=O)NCC(=O)N1CC[C@@H]2CCCC[C@@H]21. The fraction of sp³-hybridized carbons (Fsp3) is 0.579. The van der Waals surface area contributed by atoms with E-state index in [2.05, 4.69) is 5.32 Å². The molecule has 2 atom stereocenters. The van der Waals surface area contributed by atoms with Gasteiger partial charge in [0, 0.05) is 12.6 Å². The molecule has 1 aromatic rings. The van der Waals surface area contributed by atoms with Crippen molar-refractivity contribution in [1.29, 1.82) is 0 Å². The highest BCUT2D eigenvalue weighted by atomic mass is 16.5. The van der Waals surface area contributed by atoms with Crippen molar-refractivity contribution in [2.24, 2.45) is 5.92 Å². The second kappa shape index (κ2) is 7.69. The van der Waals surface area contributed by atoms with Crippen LogP contribution in [0.25, 0.3) is 0 Å². The van der Waals surface area contributed by atoms with Gasteiger partial charge in [-0.25, -0.2) is 0 Å². The number of benzene rings is 1. The van der Waals surface area contributed by atoms with Gasteiger partial charge in [0.25, 0.3) is 5.91 Å². The molecule has 2 aliphatic rings. The summed E-state index contributed by atoms with van der Waals surface area (Å²) in [6, 6.07) is 7.51. The number of carbonyl (C=O) groups excluding carboxylic acids is 2. The van der Waals surface area contributed by atoms with Crippen LogP contribution in [0.2, 0.25) is 0 Å². The van der Waals surface area contributed by atoms with Crippen molar-refractivity contribution in [3.8, 4) is 5.75 Å². The number of hydrogen-bond acceptors (Lipinski definition) is 3. The highest BCUT2D eigenvalue weighted by Gasteiger charge is 2.37. The Morgan fingerprint density at radius 3 is 2.83 bits per heavy atom. The second-order valence-electron chi connectivity index (χ2n) is 6.60. The van der Waals surface area contributed by atoms with Crippen molar-refractivity contribution in [1.82, 2.24) is 10.2 Å². The van der Waals surface area contributed by atoms with Crippen LogP contribution in [0.5, 0.6) is 5.75 Å². The Balaban J connectivity index is 1.57. The van der Waals surface area contributed by atoms with Crippen molar-refractivity contribution in [2.45, 2.75) is 45.1 Å². The topological polar surface area (TPSA) is 58.6 Å². The number of ether oxygens (including phenoxy) is 1. The fourth-order valence-corrected chi connectivity index (χ4v) is 4.00. The minimum Gasteiger partial charge on any atom is -0.493 e. The van der Waals surface area contributed by atoms with Crippen LogP contribution < -0.4 is 10.1 Å².